The quantitative estimate of drug-likeness (QED) is 0.0234. The number of phosphoric ester groups is 1. The zero-order valence-electron chi connectivity index (χ0n) is 33.6. The number of hydrogen-bond acceptors (Lipinski definition) is 9. The Labute approximate surface area is 322 Å². The number of rotatable bonds is 40. The van der Waals surface area contributed by atoms with E-state index in [-0.39, 0.29) is 19.4 Å². The van der Waals surface area contributed by atoms with Crippen molar-refractivity contribution < 1.29 is 47.5 Å². The van der Waals surface area contributed by atoms with E-state index >= 15 is 0 Å². The number of carboxylic acids is 1. The average Bonchev–Trinajstić information content (AvgIpc) is 3.13. The van der Waals surface area contributed by atoms with Crippen molar-refractivity contribution in [1.29, 1.82) is 0 Å². The number of aliphatic carboxylic acids is 1. The molecule has 0 spiro atoms. The Morgan fingerprint density at radius 2 is 0.943 bits per heavy atom. The molecule has 0 aliphatic heterocycles. The summed E-state index contributed by atoms with van der Waals surface area (Å²) >= 11 is 0. The van der Waals surface area contributed by atoms with Crippen molar-refractivity contribution in [1.82, 2.24) is 0 Å². The van der Waals surface area contributed by atoms with Crippen molar-refractivity contribution in [2.75, 3.05) is 19.8 Å². The van der Waals surface area contributed by atoms with Gasteiger partial charge in [-0.25, -0.2) is 4.57 Å². The molecule has 3 atom stereocenters. The molecule has 0 amide bonds. The van der Waals surface area contributed by atoms with E-state index in [4.69, 9.17) is 24.8 Å². The molecule has 1 unspecified atom stereocenters. The number of carboxylic acid groups (broad SMARTS) is 1. The first kappa shape index (κ1) is 51.2. The smallest absolute Gasteiger partial charge is 0.472 e. The summed E-state index contributed by atoms with van der Waals surface area (Å²) < 4.78 is 32.6. The zero-order chi connectivity index (χ0) is 39.3. The van der Waals surface area contributed by atoms with E-state index in [9.17, 15) is 23.8 Å². The molecule has 4 N–H and O–H groups in total. The second-order valence-electron chi connectivity index (χ2n) is 14.5. The van der Waals surface area contributed by atoms with Gasteiger partial charge in [0.1, 0.15) is 12.6 Å². The van der Waals surface area contributed by atoms with Crippen LogP contribution in [0.1, 0.15) is 200 Å². The highest BCUT2D eigenvalue weighted by Crippen LogP contribution is 2.43. The number of hydrogen-bond donors (Lipinski definition) is 3. The second kappa shape index (κ2) is 37.2. The van der Waals surface area contributed by atoms with E-state index < -0.39 is 51.1 Å². The maximum atomic E-state index is 12.6. The molecule has 0 rings (SSSR count). The minimum absolute atomic E-state index is 0.165. The monoisotopic (exact) mass is 776 g/mol. The maximum absolute atomic E-state index is 12.6. The molecular formula is C41H78NO10P. The summed E-state index contributed by atoms with van der Waals surface area (Å²) in [6.07, 6.45) is 35.6. The highest BCUT2D eigenvalue weighted by Gasteiger charge is 2.28. The third kappa shape index (κ3) is 36.9. The van der Waals surface area contributed by atoms with Crippen molar-refractivity contribution in [3.05, 3.63) is 12.2 Å². The number of esters is 2. The van der Waals surface area contributed by atoms with Gasteiger partial charge in [-0.2, -0.15) is 0 Å². The van der Waals surface area contributed by atoms with Crippen LogP contribution in [-0.4, -0.2) is 59.9 Å². The summed E-state index contributed by atoms with van der Waals surface area (Å²) in [7, 11) is -4.71. The van der Waals surface area contributed by atoms with Crippen LogP contribution in [0.4, 0.5) is 0 Å². The van der Waals surface area contributed by atoms with E-state index in [2.05, 4.69) is 30.5 Å². The van der Waals surface area contributed by atoms with Crippen molar-refractivity contribution in [3.8, 4) is 0 Å². The normalized spacial score (nSPS) is 13.9. The molecule has 0 heterocycles. The highest BCUT2D eigenvalue weighted by atomic mass is 31.2. The molecule has 0 aromatic rings. The predicted molar refractivity (Wildman–Crippen MR) is 213 cm³/mol. The Bertz CT molecular complexity index is 963. The summed E-state index contributed by atoms with van der Waals surface area (Å²) in [5.41, 5.74) is 5.32. The lowest BCUT2D eigenvalue weighted by Crippen LogP contribution is -2.34. The summed E-state index contributed by atoms with van der Waals surface area (Å²) in [4.78, 5) is 45.8. The van der Waals surface area contributed by atoms with Crippen LogP contribution in [0, 0.1) is 0 Å². The van der Waals surface area contributed by atoms with Crippen molar-refractivity contribution in [3.63, 3.8) is 0 Å². The Balaban J connectivity index is 4.34. The Morgan fingerprint density at radius 3 is 1.38 bits per heavy atom. The van der Waals surface area contributed by atoms with Crippen LogP contribution in [0.5, 0.6) is 0 Å². The fraction of sp³-hybridized carbons (Fsp3) is 0.878. The molecule has 0 aliphatic carbocycles. The van der Waals surface area contributed by atoms with Crippen LogP contribution in [-0.2, 0) is 37.5 Å². The Kier molecular flexibility index (Phi) is 35.9. The molecule has 312 valence electrons. The van der Waals surface area contributed by atoms with Crippen molar-refractivity contribution in [2.24, 2.45) is 5.73 Å². The van der Waals surface area contributed by atoms with Gasteiger partial charge in [0.05, 0.1) is 13.2 Å². The summed E-state index contributed by atoms with van der Waals surface area (Å²) in [5.74, 6) is -2.37. The third-order valence-corrected chi connectivity index (χ3v) is 10.2. The maximum Gasteiger partial charge on any atom is 0.472 e. The van der Waals surface area contributed by atoms with Crippen LogP contribution in [0.3, 0.4) is 0 Å². The van der Waals surface area contributed by atoms with Gasteiger partial charge in [0.25, 0.3) is 0 Å². The molecule has 11 nitrogen and oxygen atoms in total. The SMILES string of the molecule is CCCCCCCC/C=C\CCCCCCCCCC(=O)OC[C@H](COP(=O)(O)OC[C@H](N)C(=O)O)OC(=O)CCCCCCCCCCCCCC. The highest BCUT2D eigenvalue weighted by molar-refractivity contribution is 7.47. The molecule has 0 fully saturated rings. The van der Waals surface area contributed by atoms with Crippen LogP contribution < -0.4 is 5.73 Å². The molecule has 12 heteroatoms. The van der Waals surface area contributed by atoms with Gasteiger partial charge in [-0.05, 0) is 38.5 Å². The minimum atomic E-state index is -4.71. The van der Waals surface area contributed by atoms with Gasteiger partial charge in [0.15, 0.2) is 6.10 Å². The summed E-state index contributed by atoms with van der Waals surface area (Å²) in [6.45, 7) is 2.80. The molecule has 0 bridgehead atoms. The molecule has 0 saturated carbocycles. The van der Waals surface area contributed by atoms with E-state index in [0.29, 0.717) is 12.8 Å². The van der Waals surface area contributed by atoms with Gasteiger partial charge in [-0.1, -0.05) is 161 Å². The third-order valence-electron chi connectivity index (χ3n) is 9.26. The van der Waals surface area contributed by atoms with Gasteiger partial charge in [-0.3, -0.25) is 23.4 Å². The molecule has 53 heavy (non-hydrogen) atoms. The van der Waals surface area contributed by atoms with Gasteiger partial charge < -0.3 is 25.2 Å². The number of phosphoric acid groups is 1. The molecular weight excluding hydrogens is 697 g/mol. The van der Waals surface area contributed by atoms with Gasteiger partial charge >= 0.3 is 25.7 Å². The fourth-order valence-electron chi connectivity index (χ4n) is 5.88. The van der Waals surface area contributed by atoms with Gasteiger partial charge in [0.2, 0.25) is 0 Å². The predicted octanol–water partition coefficient (Wildman–Crippen LogP) is 10.9. The minimum Gasteiger partial charge on any atom is -0.480 e. The molecule has 0 saturated heterocycles. The van der Waals surface area contributed by atoms with E-state index in [1.165, 1.54) is 116 Å². The average molecular weight is 776 g/mol. The lowest BCUT2D eigenvalue weighted by Gasteiger charge is -2.20. The van der Waals surface area contributed by atoms with E-state index in [1.807, 2.05) is 0 Å². The number of allylic oxidation sites excluding steroid dienone is 2. The number of nitrogens with two attached hydrogens (primary N) is 1. The standard InChI is InChI=1S/C41H78NO10P/c1-3-5-7-9-11-13-15-17-18-19-20-21-23-24-26-28-30-32-39(43)49-34-37(35-50-53(47,48)51-36-38(42)41(45)46)52-40(44)33-31-29-27-25-22-16-14-12-10-8-6-4-2/h17-18,37-38H,3-16,19-36,42H2,1-2H3,(H,45,46)(H,47,48)/b18-17-/t37-,38+/m1/s1. The van der Waals surface area contributed by atoms with Crippen LogP contribution in [0.25, 0.3) is 0 Å². The first-order valence-electron chi connectivity index (χ1n) is 21.2. The number of ether oxygens (including phenoxy) is 2. The number of unbranched alkanes of at least 4 members (excludes halogenated alkanes) is 24. The van der Waals surface area contributed by atoms with E-state index in [1.54, 1.807) is 0 Å². The number of carbonyl (C=O) groups is 3. The first-order chi connectivity index (χ1) is 25.6. The molecule has 0 aliphatic rings. The number of carbonyl (C=O) groups excluding carboxylic acids is 2. The van der Waals surface area contributed by atoms with Crippen LogP contribution in [0.15, 0.2) is 12.2 Å². The fourth-order valence-corrected chi connectivity index (χ4v) is 6.66. The van der Waals surface area contributed by atoms with Crippen LogP contribution >= 0.6 is 7.82 Å². The van der Waals surface area contributed by atoms with Crippen molar-refractivity contribution in [2.45, 2.75) is 212 Å². The van der Waals surface area contributed by atoms with E-state index in [0.717, 1.165) is 44.9 Å². The van der Waals surface area contributed by atoms with Gasteiger partial charge in [0, 0.05) is 12.8 Å². The lowest BCUT2D eigenvalue weighted by molar-refractivity contribution is -0.161. The zero-order valence-corrected chi connectivity index (χ0v) is 34.5. The summed E-state index contributed by atoms with van der Waals surface area (Å²) in [6, 6.07) is -1.52. The molecule has 0 aromatic heterocycles. The van der Waals surface area contributed by atoms with Crippen molar-refractivity contribution >= 4 is 25.7 Å². The Morgan fingerprint density at radius 1 is 0.566 bits per heavy atom. The van der Waals surface area contributed by atoms with Gasteiger partial charge in [-0.15, -0.1) is 0 Å². The molecule has 0 radical (unpaired) electrons. The summed E-state index contributed by atoms with van der Waals surface area (Å²) in [5, 5.41) is 8.87. The largest absolute Gasteiger partial charge is 0.480 e. The Hall–Kier alpha value is -1.78. The lowest BCUT2D eigenvalue weighted by atomic mass is 10.0. The second-order valence-corrected chi connectivity index (χ2v) is 15.9. The van der Waals surface area contributed by atoms with Crippen LogP contribution in [0.2, 0.25) is 0 Å². The molecule has 0 aromatic carbocycles. The topological polar surface area (TPSA) is 172 Å². The first-order valence-corrected chi connectivity index (χ1v) is 22.7.